The second kappa shape index (κ2) is 9.23. The summed E-state index contributed by atoms with van der Waals surface area (Å²) in [6, 6.07) is 8.66. The van der Waals surface area contributed by atoms with Crippen LogP contribution in [0.2, 0.25) is 0 Å². The molecule has 3 rings (SSSR count). The van der Waals surface area contributed by atoms with Gasteiger partial charge in [-0.05, 0) is 63.3 Å². The number of carbonyl (C=O) groups is 1. The average Bonchev–Trinajstić information content (AvgIpc) is 2.92. The van der Waals surface area contributed by atoms with E-state index >= 15 is 0 Å². The number of hydrogen-bond donors (Lipinski definition) is 2. The van der Waals surface area contributed by atoms with E-state index in [0.717, 1.165) is 18.8 Å². The first-order valence-corrected chi connectivity index (χ1v) is 10.1. The summed E-state index contributed by atoms with van der Waals surface area (Å²) in [6.45, 7) is 4.27. The molecule has 2 fully saturated rings. The van der Waals surface area contributed by atoms with E-state index in [4.69, 9.17) is 0 Å². The maximum absolute atomic E-state index is 12.5. The molecular formula is C21H33N3O. The topological polar surface area (TPSA) is 44.4 Å². The summed E-state index contributed by atoms with van der Waals surface area (Å²) >= 11 is 0. The van der Waals surface area contributed by atoms with Crippen molar-refractivity contribution in [3.8, 4) is 0 Å². The highest BCUT2D eigenvalue weighted by Crippen LogP contribution is 2.22. The van der Waals surface area contributed by atoms with Crippen molar-refractivity contribution < 1.29 is 4.79 Å². The van der Waals surface area contributed by atoms with Crippen LogP contribution in [0.4, 0.5) is 11.4 Å². The van der Waals surface area contributed by atoms with E-state index in [1.807, 2.05) is 19.1 Å². The van der Waals surface area contributed by atoms with Gasteiger partial charge in [-0.2, -0.15) is 0 Å². The van der Waals surface area contributed by atoms with Crippen molar-refractivity contribution in [3.05, 3.63) is 24.3 Å². The third-order valence-electron chi connectivity index (χ3n) is 5.59. The lowest BCUT2D eigenvalue weighted by atomic mass is 10.1. The van der Waals surface area contributed by atoms with E-state index in [2.05, 4.69) is 27.7 Å². The van der Waals surface area contributed by atoms with Crippen LogP contribution in [0.5, 0.6) is 0 Å². The number of rotatable bonds is 5. The standard InChI is InChI=1S/C21H33N3O/c1-17(22-18-9-5-2-3-6-10-18)21(25)23-19-11-13-20(14-12-19)24-15-7-4-8-16-24/h11-14,17-18,22H,2-10,15-16H2,1H3,(H,23,25)/t17-/m1/s1. The van der Waals surface area contributed by atoms with E-state index < -0.39 is 0 Å². The summed E-state index contributed by atoms with van der Waals surface area (Å²) in [6.07, 6.45) is 11.5. The predicted octanol–water partition coefficient (Wildman–Crippen LogP) is 4.32. The third kappa shape index (κ3) is 5.46. The highest BCUT2D eigenvalue weighted by molar-refractivity contribution is 5.94. The van der Waals surface area contributed by atoms with Crippen molar-refractivity contribution >= 4 is 17.3 Å². The van der Waals surface area contributed by atoms with Gasteiger partial charge in [0.05, 0.1) is 6.04 Å². The molecule has 4 nitrogen and oxygen atoms in total. The van der Waals surface area contributed by atoms with Crippen molar-refractivity contribution in [1.29, 1.82) is 0 Å². The second-order valence-corrected chi connectivity index (χ2v) is 7.66. The van der Waals surface area contributed by atoms with Gasteiger partial charge in [0.1, 0.15) is 0 Å². The van der Waals surface area contributed by atoms with Gasteiger partial charge in [-0.15, -0.1) is 0 Å². The number of piperidine rings is 1. The van der Waals surface area contributed by atoms with E-state index in [0.29, 0.717) is 6.04 Å². The van der Waals surface area contributed by atoms with Gasteiger partial charge in [-0.25, -0.2) is 0 Å². The Morgan fingerprint density at radius 2 is 1.56 bits per heavy atom. The van der Waals surface area contributed by atoms with Gasteiger partial charge in [0.25, 0.3) is 0 Å². The molecule has 138 valence electrons. The Kier molecular flexibility index (Phi) is 6.74. The Bertz CT molecular complexity index is 529. The zero-order chi connectivity index (χ0) is 17.5. The molecule has 2 N–H and O–H groups in total. The van der Waals surface area contributed by atoms with Crippen LogP contribution in [0.3, 0.4) is 0 Å². The van der Waals surface area contributed by atoms with Gasteiger partial charge in [-0.1, -0.05) is 25.7 Å². The quantitative estimate of drug-likeness (QED) is 0.783. The SMILES string of the molecule is C[C@@H](NC1CCCCCC1)C(=O)Nc1ccc(N2CCCCC2)cc1. The van der Waals surface area contributed by atoms with Crippen molar-refractivity contribution in [2.24, 2.45) is 0 Å². The minimum atomic E-state index is -0.148. The summed E-state index contributed by atoms with van der Waals surface area (Å²) in [7, 11) is 0. The molecule has 1 atom stereocenters. The summed E-state index contributed by atoms with van der Waals surface area (Å²) in [5.41, 5.74) is 2.16. The van der Waals surface area contributed by atoms with E-state index in [1.165, 1.54) is 63.5 Å². The summed E-state index contributed by atoms with van der Waals surface area (Å²) in [5, 5.41) is 6.58. The van der Waals surface area contributed by atoms with Crippen molar-refractivity contribution in [3.63, 3.8) is 0 Å². The maximum atomic E-state index is 12.5. The van der Waals surface area contributed by atoms with Gasteiger partial charge in [-0.3, -0.25) is 4.79 Å². The number of carbonyl (C=O) groups excluding carboxylic acids is 1. The summed E-state index contributed by atoms with van der Waals surface area (Å²) in [4.78, 5) is 14.9. The first-order valence-electron chi connectivity index (χ1n) is 10.1. The number of benzene rings is 1. The number of amides is 1. The largest absolute Gasteiger partial charge is 0.372 e. The van der Waals surface area contributed by atoms with Crippen molar-refractivity contribution in [1.82, 2.24) is 5.32 Å². The number of anilines is 2. The molecule has 25 heavy (non-hydrogen) atoms. The molecule has 0 aromatic heterocycles. The Labute approximate surface area is 152 Å². The van der Waals surface area contributed by atoms with Crippen molar-refractivity contribution in [2.45, 2.75) is 76.8 Å². The van der Waals surface area contributed by atoms with Crippen LogP contribution >= 0.6 is 0 Å². The maximum Gasteiger partial charge on any atom is 0.241 e. The molecule has 1 heterocycles. The zero-order valence-corrected chi connectivity index (χ0v) is 15.6. The third-order valence-corrected chi connectivity index (χ3v) is 5.59. The Hall–Kier alpha value is -1.55. The van der Waals surface area contributed by atoms with E-state index in [1.54, 1.807) is 0 Å². The van der Waals surface area contributed by atoms with Gasteiger partial charge < -0.3 is 15.5 Å². The van der Waals surface area contributed by atoms with E-state index in [9.17, 15) is 4.79 Å². The van der Waals surface area contributed by atoms with Crippen LogP contribution in [0.25, 0.3) is 0 Å². The van der Waals surface area contributed by atoms with Crippen LogP contribution in [-0.4, -0.2) is 31.1 Å². The lowest BCUT2D eigenvalue weighted by Gasteiger charge is -2.29. The fourth-order valence-electron chi connectivity index (χ4n) is 4.03. The molecular weight excluding hydrogens is 310 g/mol. The van der Waals surface area contributed by atoms with Crippen LogP contribution in [-0.2, 0) is 4.79 Å². The fourth-order valence-corrected chi connectivity index (χ4v) is 4.03. The van der Waals surface area contributed by atoms with Gasteiger partial charge in [0, 0.05) is 30.5 Å². The van der Waals surface area contributed by atoms with Crippen LogP contribution < -0.4 is 15.5 Å². The molecule has 1 saturated heterocycles. The summed E-state index contributed by atoms with van der Waals surface area (Å²) < 4.78 is 0. The minimum Gasteiger partial charge on any atom is -0.372 e. The number of nitrogens with one attached hydrogen (secondary N) is 2. The van der Waals surface area contributed by atoms with E-state index in [-0.39, 0.29) is 11.9 Å². The highest BCUT2D eigenvalue weighted by atomic mass is 16.2. The molecule has 1 aliphatic heterocycles. The average molecular weight is 344 g/mol. The van der Waals surface area contributed by atoms with Gasteiger partial charge in [0.15, 0.2) is 0 Å². The lowest BCUT2D eigenvalue weighted by Crippen LogP contribution is -2.43. The Balaban J connectivity index is 1.49. The van der Waals surface area contributed by atoms with Gasteiger partial charge >= 0.3 is 0 Å². The highest BCUT2D eigenvalue weighted by Gasteiger charge is 2.19. The monoisotopic (exact) mass is 343 g/mol. The molecule has 4 heteroatoms. The van der Waals surface area contributed by atoms with Gasteiger partial charge in [0.2, 0.25) is 5.91 Å². The molecule has 0 radical (unpaired) electrons. The predicted molar refractivity (Wildman–Crippen MR) is 105 cm³/mol. The lowest BCUT2D eigenvalue weighted by molar-refractivity contribution is -0.118. The van der Waals surface area contributed by atoms with Crippen molar-refractivity contribution in [2.75, 3.05) is 23.3 Å². The van der Waals surface area contributed by atoms with Crippen LogP contribution in [0.1, 0.15) is 64.7 Å². The molecule has 0 bridgehead atoms. The Morgan fingerprint density at radius 3 is 2.20 bits per heavy atom. The first-order chi connectivity index (χ1) is 12.2. The molecule has 1 aromatic carbocycles. The molecule has 1 aromatic rings. The molecule has 1 aliphatic carbocycles. The molecule has 0 spiro atoms. The number of nitrogens with zero attached hydrogens (tertiary/aromatic N) is 1. The van der Waals surface area contributed by atoms with Crippen LogP contribution in [0.15, 0.2) is 24.3 Å². The Morgan fingerprint density at radius 1 is 0.960 bits per heavy atom. The molecule has 2 aliphatic rings. The fraction of sp³-hybridized carbons (Fsp3) is 0.667. The molecule has 1 amide bonds. The molecule has 1 saturated carbocycles. The number of hydrogen-bond acceptors (Lipinski definition) is 3. The molecule has 0 unspecified atom stereocenters. The first kappa shape index (κ1) is 18.2. The van der Waals surface area contributed by atoms with Crippen LogP contribution in [0, 0.1) is 0 Å². The summed E-state index contributed by atoms with van der Waals surface area (Å²) in [5.74, 6) is 0.0648. The normalized spacial score (nSPS) is 20.8. The second-order valence-electron chi connectivity index (χ2n) is 7.66. The zero-order valence-electron chi connectivity index (χ0n) is 15.6. The minimum absolute atomic E-state index is 0.0648. The smallest absolute Gasteiger partial charge is 0.241 e.